The third kappa shape index (κ3) is 7.93. The van der Waals surface area contributed by atoms with Gasteiger partial charge in [-0.05, 0) is 74.4 Å². The van der Waals surface area contributed by atoms with Crippen LogP contribution in [-0.2, 0) is 46.2 Å². The molecule has 3 atom stereocenters. The minimum absolute atomic E-state index is 0.00215. The number of nitrogens with zero attached hydrogens (tertiary/aromatic N) is 5. The van der Waals surface area contributed by atoms with Gasteiger partial charge in [-0.1, -0.05) is 18.1 Å². The Kier molecular flexibility index (Phi) is 9.84. The number of halogens is 10. The summed E-state index contributed by atoms with van der Waals surface area (Å²) in [7, 11) is -3.78. The standard InChI is InChI=1S/C38H31F10N7O3S/c1-35(2,59(3,57)58)10-9-21-7-8-22(23-5-4-6-24-31(23)55(53-34(24)49)17-36(41,42)43)30(50-21)27(13-18-11-19(39)14-20(40)12-18)51-28(56)16-54-33-29(32(52-54)38(46,47)48)25-15-26(25)37(33,44)45/h4-8,11-12,14,25-27H,13,15-17H2,1-3H3,(H2,49,53)(H,51,56)/t25-,26+,27-/m0/s1. The van der Waals surface area contributed by atoms with Crippen molar-refractivity contribution in [2.75, 3.05) is 12.0 Å². The number of nitrogens with two attached hydrogens (primary N) is 1. The van der Waals surface area contributed by atoms with Gasteiger partial charge in [-0.3, -0.25) is 14.2 Å². The summed E-state index contributed by atoms with van der Waals surface area (Å²) in [6.07, 6.45) is -9.74. The van der Waals surface area contributed by atoms with Crippen molar-refractivity contribution in [2.45, 2.75) is 74.8 Å². The lowest BCUT2D eigenvalue weighted by molar-refractivity contribution is -0.142. The van der Waals surface area contributed by atoms with Gasteiger partial charge in [-0.2, -0.15) is 45.3 Å². The van der Waals surface area contributed by atoms with E-state index in [1.165, 1.54) is 44.2 Å². The van der Waals surface area contributed by atoms with Crippen molar-refractivity contribution >= 4 is 32.5 Å². The number of sulfone groups is 1. The first-order valence-corrected chi connectivity index (χ1v) is 19.5. The summed E-state index contributed by atoms with van der Waals surface area (Å²) in [6, 6.07) is 7.56. The average Bonchev–Trinajstić information content (AvgIpc) is 3.65. The molecule has 10 nitrogen and oxygen atoms in total. The lowest BCUT2D eigenvalue weighted by atomic mass is 9.93. The second kappa shape index (κ2) is 14.0. The minimum atomic E-state index is -5.14. The largest absolute Gasteiger partial charge is 0.435 e. The molecule has 7 rings (SSSR count). The molecular formula is C38H31F10N7O3S. The zero-order valence-corrected chi connectivity index (χ0v) is 31.7. The zero-order chi connectivity index (χ0) is 43.2. The van der Waals surface area contributed by atoms with Crippen LogP contribution in [0.15, 0.2) is 48.5 Å². The van der Waals surface area contributed by atoms with Crippen molar-refractivity contribution in [1.82, 2.24) is 29.9 Å². The maximum atomic E-state index is 15.4. The smallest absolute Gasteiger partial charge is 0.382 e. The number of amides is 1. The molecule has 0 aliphatic heterocycles. The minimum Gasteiger partial charge on any atom is -0.382 e. The van der Waals surface area contributed by atoms with Gasteiger partial charge in [-0.25, -0.2) is 22.2 Å². The van der Waals surface area contributed by atoms with E-state index in [1.54, 1.807) is 0 Å². The molecule has 2 aliphatic rings. The molecule has 59 heavy (non-hydrogen) atoms. The number of hydrogen-bond acceptors (Lipinski definition) is 7. The van der Waals surface area contributed by atoms with Crippen LogP contribution in [-0.4, -0.2) is 56.0 Å². The molecule has 2 aromatic carbocycles. The first-order valence-electron chi connectivity index (χ1n) is 17.6. The zero-order valence-electron chi connectivity index (χ0n) is 30.9. The van der Waals surface area contributed by atoms with E-state index in [0.717, 1.165) is 18.4 Å². The van der Waals surface area contributed by atoms with Gasteiger partial charge in [0.1, 0.15) is 40.9 Å². The van der Waals surface area contributed by atoms with Crippen LogP contribution >= 0.6 is 0 Å². The second-order valence-electron chi connectivity index (χ2n) is 15.0. The fourth-order valence-electron chi connectivity index (χ4n) is 7.26. The molecule has 0 saturated heterocycles. The number of nitrogen functional groups attached to an aromatic ring is 1. The third-order valence-electron chi connectivity index (χ3n) is 10.3. The summed E-state index contributed by atoms with van der Waals surface area (Å²) in [4.78, 5) is 18.4. The number of carbonyl (C=O) groups excluding carboxylic acids is 1. The molecule has 2 aliphatic carbocycles. The molecule has 312 valence electrons. The Morgan fingerprint density at radius 2 is 1.68 bits per heavy atom. The van der Waals surface area contributed by atoms with Gasteiger partial charge in [0, 0.05) is 40.3 Å². The number of alkyl halides is 8. The Labute approximate surface area is 328 Å². The molecule has 0 unspecified atom stereocenters. The van der Waals surface area contributed by atoms with Gasteiger partial charge in [-0.15, -0.1) is 0 Å². The number of nitrogens with one attached hydrogen (secondary N) is 1. The monoisotopic (exact) mass is 855 g/mol. The molecule has 21 heteroatoms. The van der Waals surface area contributed by atoms with E-state index in [0.29, 0.717) is 10.7 Å². The fraction of sp³-hybridized carbons (Fsp3) is 0.368. The average molecular weight is 856 g/mol. The molecule has 0 spiro atoms. The number of carbonyl (C=O) groups is 1. The van der Waals surface area contributed by atoms with Crippen molar-refractivity contribution in [3.63, 3.8) is 0 Å². The molecule has 1 amide bonds. The van der Waals surface area contributed by atoms with Gasteiger partial charge >= 0.3 is 12.4 Å². The van der Waals surface area contributed by atoms with Gasteiger partial charge in [0.05, 0.1) is 17.3 Å². The number of benzene rings is 2. The summed E-state index contributed by atoms with van der Waals surface area (Å²) < 4.78 is 167. The van der Waals surface area contributed by atoms with E-state index in [-0.39, 0.29) is 55.9 Å². The highest BCUT2D eigenvalue weighted by molar-refractivity contribution is 7.92. The van der Waals surface area contributed by atoms with Crippen molar-refractivity contribution in [1.29, 1.82) is 0 Å². The Bertz CT molecular complexity index is 2690. The second-order valence-corrected chi connectivity index (χ2v) is 17.5. The number of anilines is 1. The number of para-hydroxylation sites is 1. The van der Waals surface area contributed by atoms with Crippen molar-refractivity contribution < 1.29 is 57.1 Å². The van der Waals surface area contributed by atoms with E-state index in [1.807, 2.05) is 0 Å². The Morgan fingerprint density at radius 3 is 2.31 bits per heavy atom. The van der Waals surface area contributed by atoms with Gasteiger partial charge in [0.2, 0.25) is 5.91 Å². The van der Waals surface area contributed by atoms with Crippen LogP contribution in [0, 0.1) is 29.4 Å². The summed E-state index contributed by atoms with van der Waals surface area (Å²) >= 11 is 0. The molecule has 3 heterocycles. The van der Waals surface area contributed by atoms with Crippen LogP contribution < -0.4 is 11.1 Å². The van der Waals surface area contributed by atoms with Crippen LogP contribution in [0.2, 0.25) is 0 Å². The highest BCUT2D eigenvalue weighted by Gasteiger charge is 2.68. The first kappa shape index (κ1) is 41.5. The van der Waals surface area contributed by atoms with Gasteiger partial charge in [0.15, 0.2) is 21.3 Å². The normalized spacial score (nSPS) is 17.9. The van der Waals surface area contributed by atoms with E-state index in [9.17, 15) is 48.3 Å². The van der Waals surface area contributed by atoms with Crippen LogP contribution in [0.1, 0.15) is 66.1 Å². The van der Waals surface area contributed by atoms with E-state index in [4.69, 9.17) is 5.73 Å². The predicted molar refractivity (Wildman–Crippen MR) is 192 cm³/mol. The van der Waals surface area contributed by atoms with E-state index in [2.05, 4.69) is 32.3 Å². The maximum Gasteiger partial charge on any atom is 0.435 e. The third-order valence-corrected chi connectivity index (χ3v) is 12.2. The van der Waals surface area contributed by atoms with Gasteiger partial charge in [0.25, 0.3) is 5.92 Å². The fourth-order valence-corrected chi connectivity index (χ4v) is 7.49. The molecule has 1 saturated carbocycles. The first-order chi connectivity index (χ1) is 27.2. The van der Waals surface area contributed by atoms with Gasteiger partial charge < -0.3 is 11.1 Å². The summed E-state index contributed by atoms with van der Waals surface area (Å²) in [5.74, 6) is -4.68. The Balaban J connectivity index is 1.40. The Morgan fingerprint density at radius 1 is 1.00 bits per heavy atom. The van der Waals surface area contributed by atoms with E-state index < -0.39 is 105 Å². The lowest BCUT2D eigenvalue weighted by Gasteiger charge is -2.23. The van der Waals surface area contributed by atoms with Crippen LogP contribution in [0.25, 0.3) is 22.0 Å². The van der Waals surface area contributed by atoms with Crippen molar-refractivity contribution in [3.05, 3.63) is 94.1 Å². The molecule has 3 N–H and O–H groups in total. The quantitative estimate of drug-likeness (QED) is 0.118. The number of pyridine rings is 1. The Hall–Kier alpha value is -5.65. The molecule has 1 fully saturated rings. The number of hydrogen-bond donors (Lipinski definition) is 2. The van der Waals surface area contributed by atoms with Crippen molar-refractivity contribution in [3.8, 4) is 23.0 Å². The van der Waals surface area contributed by atoms with Crippen LogP contribution in [0.5, 0.6) is 0 Å². The number of rotatable bonds is 9. The lowest BCUT2D eigenvalue weighted by Crippen LogP contribution is -2.35. The topological polar surface area (TPSA) is 138 Å². The highest BCUT2D eigenvalue weighted by atomic mass is 32.2. The molecule has 0 radical (unpaired) electrons. The molecule has 0 bridgehead atoms. The maximum absolute atomic E-state index is 15.4. The number of aromatic nitrogens is 5. The summed E-state index contributed by atoms with van der Waals surface area (Å²) in [5, 5.41) is 9.79. The predicted octanol–water partition coefficient (Wildman–Crippen LogP) is 7.22. The summed E-state index contributed by atoms with van der Waals surface area (Å²) in [6.45, 7) is -0.179. The molecule has 3 aromatic heterocycles. The summed E-state index contributed by atoms with van der Waals surface area (Å²) in [5.41, 5.74) is 1.96. The van der Waals surface area contributed by atoms with Crippen LogP contribution in [0.4, 0.5) is 49.7 Å². The molecular weight excluding hydrogens is 825 g/mol. The number of fused-ring (bicyclic) bond motifs is 4. The highest BCUT2D eigenvalue weighted by Crippen LogP contribution is 2.68. The SMILES string of the molecule is CC(C)(C#Cc1ccc(-c2cccc3c(N)nn(CC(F)(F)F)c23)c([C@H](Cc2cc(F)cc(F)c2)NC(=O)Cn2nc(C(F)(F)F)c3c2C(F)(F)[C@@H]2C[C@H]32)n1)S(C)(=O)=O. The van der Waals surface area contributed by atoms with Crippen molar-refractivity contribution in [2.24, 2.45) is 5.92 Å². The van der Waals surface area contributed by atoms with E-state index >= 15 is 8.78 Å². The molecule has 5 aromatic rings. The van der Waals surface area contributed by atoms with Crippen LogP contribution in [0.3, 0.4) is 0 Å².